The molecule has 2 N–H and O–H groups in total. The van der Waals surface area contributed by atoms with E-state index in [4.69, 9.17) is 13.9 Å². The number of hydrogen-bond acceptors (Lipinski definition) is 7. The van der Waals surface area contributed by atoms with Crippen LogP contribution in [0.3, 0.4) is 0 Å². The second-order valence-corrected chi connectivity index (χ2v) is 8.55. The van der Waals surface area contributed by atoms with Gasteiger partial charge in [0.25, 0.3) is 0 Å². The van der Waals surface area contributed by atoms with E-state index in [2.05, 4.69) is 6.58 Å². The van der Waals surface area contributed by atoms with Crippen LogP contribution in [0.2, 0.25) is 0 Å². The molecule has 0 unspecified atom stereocenters. The van der Waals surface area contributed by atoms with Crippen LogP contribution < -0.4 is 10.2 Å². The third kappa shape index (κ3) is 5.10. The predicted molar refractivity (Wildman–Crippen MR) is 136 cm³/mol. The van der Waals surface area contributed by atoms with Gasteiger partial charge >= 0.3 is 5.97 Å². The van der Waals surface area contributed by atoms with Crippen molar-refractivity contribution in [2.45, 2.75) is 19.3 Å². The molecule has 0 fully saturated rings. The van der Waals surface area contributed by atoms with Crippen LogP contribution in [0.1, 0.15) is 30.4 Å². The van der Waals surface area contributed by atoms with E-state index in [9.17, 15) is 19.8 Å². The summed E-state index contributed by atoms with van der Waals surface area (Å²) in [5.74, 6) is -0.538. The number of hydrogen-bond donors (Lipinski definition) is 2. The van der Waals surface area contributed by atoms with Gasteiger partial charge in [0.2, 0.25) is 5.43 Å². The second kappa shape index (κ2) is 10.4. The number of methoxy groups -OCH3 is 1. The van der Waals surface area contributed by atoms with Crippen LogP contribution >= 0.6 is 0 Å². The second-order valence-electron chi connectivity index (χ2n) is 8.55. The Morgan fingerprint density at radius 3 is 2.36 bits per heavy atom. The summed E-state index contributed by atoms with van der Waals surface area (Å²) in [4.78, 5) is 25.7. The molecular formula is C29H26O7. The topological polar surface area (TPSA) is 106 Å². The average molecular weight is 487 g/mol. The van der Waals surface area contributed by atoms with Crippen LogP contribution in [0.15, 0.2) is 88.3 Å². The Kier molecular flexibility index (Phi) is 7.10. The summed E-state index contributed by atoms with van der Waals surface area (Å²) < 4.78 is 16.5. The minimum Gasteiger partial charge on any atom is -0.508 e. The van der Waals surface area contributed by atoms with Gasteiger partial charge in [-0.05, 0) is 60.0 Å². The molecule has 4 rings (SSSR count). The Morgan fingerprint density at radius 2 is 1.72 bits per heavy atom. The molecule has 1 heterocycles. The molecule has 0 radical (unpaired) electrons. The Hall–Kier alpha value is -4.52. The number of aromatic hydroxyl groups is 2. The highest BCUT2D eigenvalue weighted by molar-refractivity contribution is 5.87. The Labute approximate surface area is 207 Å². The molecule has 4 aromatic rings. The summed E-state index contributed by atoms with van der Waals surface area (Å²) in [5, 5.41) is 20.7. The molecule has 0 aliphatic rings. The number of carbonyl (C=O) groups excluding carboxylic acids is 1. The summed E-state index contributed by atoms with van der Waals surface area (Å²) >= 11 is 0. The van der Waals surface area contributed by atoms with E-state index in [-0.39, 0.29) is 34.3 Å². The third-order valence-electron chi connectivity index (χ3n) is 5.85. The van der Waals surface area contributed by atoms with Crippen molar-refractivity contribution in [3.8, 4) is 28.4 Å². The fourth-order valence-electron chi connectivity index (χ4n) is 4.03. The Bertz CT molecular complexity index is 1470. The lowest BCUT2D eigenvalue weighted by Gasteiger charge is -2.20. The molecule has 0 aliphatic heterocycles. The van der Waals surface area contributed by atoms with Gasteiger partial charge in [0.05, 0.1) is 24.5 Å². The Morgan fingerprint density at radius 1 is 1.03 bits per heavy atom. The number of ether oxygens (including phenoxy) is 2. The molecule has 0 bridgehead atoms. The van der Waals surface area contributed by atoms with Gasteiger partial charge in [0.1, 0.15) is 35.7 Å². The molecule has 7 heteroatoms. The normalized spacial score (nSPS) is 11.7. The average Bonchev–Trinajstić information content (AvgIpc) is 2.87. The van der Waals surface area contributed by atoms with Crippen LogP contribution in [-0.4, -0.2) is 29.9 Å². The molecule has 0 saturated heterocycles. The number of carbonyl (C=O) groups is 1. The maximum Gasteiger partial charge on any atom is 0.306 e. The summed E-state index contributed by atoms with van der Waals surface area (Å²) in [6.45, 7) is 6.07. The van der Waals surface area contributed by atoms with E-state index >= 15 is 0 Å². The summed E-state index contributed by atoms with van der Waals surface area (Å²) in [6, 6.07) is 16.2. The number of fused-ring (bicyclic) bond motifs is 1. The lowest BCUT2D eigenvalue weighted by atomic mass is 9.86. The zero-order valence-corrected chi connectivity index (χ0v) is 20.0. The summed E-state index contributed by atoms with van der Waals surface area (Å²) in [7, 11) is 1.29. The van der Waals surface area contributed by atoms with Gasteiger partial charge in [-0.25, -0.2) is 0 Å². The predicted octanol–water partition coefficient (Wildman–Crippen LogP) is 5.52. The van der Waals surface area contributed by atoms with Gasteiger partial charge in [0, 0.05) is 11.5 Å². The van der Waals surface area contributed by atoms with E-state index in [1.54, 1.807) is 36.4 Å². The van der Waals surface area contributed by atoms with Crippen molar-refractivity contribution >= 4 is 16.9 Å². The first-order chi connectivity index (χ1) is 17.3. The van der Waals surface area contributed by atoms with Gasteiger partial charge in [-0.3, -0.25) is 9.59 Å². The van der Waals surface area contributed by atoms with Crippen molar-refractivity contribution in [3.63, 3.8) is 0 Å². The fourth-order valence-corrected chi connectivity index (χ4v) is 4.03. The van der Waals surface area contributed by atoms with E-state index in [0.717, 1.165) is 5.57 Å². The first kappa shape index (κ1) is 24.6. The molecule has 0 aliphatic carbocycles. The van der Waals surface area contributed by atoms with Crippen molar-refractivity contribution in [2.75, 3.05) is 13.7 Å². The summed E-state index contributed by atoms with van der Waals surface area (Å²) in [6.07, 6.45) is 1.24. The van der Waals surface area contributed by atoms with Crippen molar-refractivity contribution < 1.29 is 28.9 Å². The van der Waals surface area contributed by atoms with Crippen LogP contribution in [0.5, 0.6) is 17.2 Å². The molecule has 1 atom stereocenters. The number of benzene rings is 3. The smallest absolute Gasteiger partial charge is 0.306 e. The molecule has 0 amide bonds. The van der Waals surface area contributed by atoms with Gasteiger partial charge in [-0.1, -0.05) is 30.8 Å². The number of esters is 1. The molecule has 7 nitrogen and oxygen atoms in total. The summed E-state index contributed by atoms with van der Waals surface area (Å²) in [5.41, 5.74) is 2.66. The van der Waals surface area contributed by atoms with Gasteiger partial charge < -0.3 is 24.1 Å². The van der Waals surface area contributed by atoms with Crippen LogP contribution in [0.25, 0.3) is 22.1 Å². The first-order valence-electron chi connectivity index (χ1n) is 11.3. The van der Waals surface area contributed by atoms with E-state index in [1.807, 2.05) is 6.92 Å². The highest BCUT2D eigenvalue weighted by Gasteiger charge is 2.26. The molecule has 1 aromatic heterocycles. The van der Waals surface area contributed by atoms with E-state index in [0.29, 0.717) is 34.6 Å². The molecule has 184 valence electrons. The minimum atomic E-state index is -0.654. The lowest BCUT2D eigenvalue weighted by Crippen LogP contribution is -2.12. The molecule has 0 saturated carbocycles. The maximum atomic E-state index is 13.4. The largest absolute Gasteiger partial charge is 0.508 e. The van der Waals surface area contributed by atoms with Crippen LogP contribution in [-0.2, 0) is 9.53 Å². The maximum absolute atomic E-state index is 13.4. The molecule has 3 aromatic carbocycles. The lowest BCUT2D eigenvalue weighted by molar-refractivity contribution is -0.140. The standard InChI is InChI=1S/C29H26O7/c1-17(2)15-35-21-10-6-18(7-11-21)23(14-26(32)34-3)27-25(31)13-12-22-28(33)24(16-36-29(22)27)19-4-8-20(30)9-5-19/h4-13,16,23,30-31H,1,14-15H2,2-3H3/t23-/m0/s1. The zero-order valence-electron chi connectivity index (χ0n) is 20.0. The molecule has 36 heavy (non-hydrogen) atoms. The van der Waals surface area contributed by atoms with Crippen LogP contribution in [0.4, 0.5) is 0 Å². The van der Waals surface area contributed by atoms with Crippen molar-refractivity contribution in [1.82, 2.24) is 0 Å². The first-order valence-corrected chi connectivity index (χ1v) is 11.3. The van der Waals surface area contributed by atoms with Crippen molar-refractivity contribution in [3.05, 3.63) is 100 Å². The van der Waals surface area contributed by atoms with E-state index in [1.165, 1.54) is 37.6 Å². The van der Waals surface area contributed by atoms with Crippen molar-refractivity contribution in [2.24, 2.45) is 0 Å². The van der Waals surface area contributed by atoms with E-state index < -0.39 is 11.9 Å². The van der Waals surface area contributed by atoms with Gasteiger partial charge in [-0.15, -0.1) is 0 Å². The minimum absolute atomic E-state index is 0.0813. The number of rotatable bonds is 8. The highest BCUT2D eigenvalue weighted by atomic mass is 16.5. The number of phenolic OH excluding ortho intramolecular Hbond substituents is 2. The quantitative estimate of drug-likeness (QED) is 0.249. The molecule has 0 spiro atoms. The Balaban J connectivity index is 1.83. The number of phenols is 2. The third-order valence-corrected chi connectivity index (χ3v) is 5.85. The van der Waals surface area contributed by atoms with Crippen LogP contribution in [0, 0.1) is 0 Å². The highest BCUT2D eigenvalue weighted by Crippen LogP contribution is 2.39. The van der Waals surface area contributed by atoms with Gasteiger partial charge in [0.15, 0.2) is 0 Å². The zero-order chi connectivity index (χ0) is 25.8. The van der Waals surface area contributed by atoms with Gasteiger partial charge in [-0.2, -0.15) is 0 Å². The molecular weight excluding hydrogens is 460 g/mol. The monoisotopic (exact) mass is 486 g/mol. The SMILES string of the molecule is C=C(C)COc1ccc([C@H](CC(=O)OC)c2c(O)ccc3c(=O)c(-c4ccc(O)cc4)coc23)cc1. The van der Waals surface area contributed by atoms with Crippen molar-refractivity contribution in [1.29, 1.82) is 0 Å². The fraction of sp³-hybridized carbons (Fsp3) is 0.172.